The third kappa shape index (κ3) is 2.68. The fraction of sp³-hybridized carbons (Fsp3) is 0.889. The van der Waals surface area contributed by atoms with Crippen LogP contribution in [-0.2, 0) is 4.79 Å². The number of β-amino-alcohol motifs (C(OH)–C–C–N with tert-alkyl or cyclic N) is 1. The zero-order valence-electron chi connectivity index (χ0n) is 8.03. The zero-order chi connectivity index (χ0) is 10.0. The van der Waals surface area contributed by atoms with E-state index in [1.165, 1.54) is 0 Å². The maximum absolute atomic E-state index is 11.4. The molecular formula is C9H16BrNO2. The van der Waals surface area contributed by atoms with Crippen molar-refractivity contribution in [3.8, 4) is 0 Å². The molecule has 0 bridgehead atoms. The number of aliphatic hydroxyl groups is 1. The molecule has 76 valence electrons. The summed E-state index contributed by atoms with van der Waals surface area (Å²) in [6, 6.07) is 0. The number of aliphatic hydroxyl groups excluding tert-OH is 1. The summed E-state index contributed by atoms with van der Waals surface area (Å²) in [5.41, 5.74) is 0. The number of hydrogen-bond donors (Lipinski definition) is 1. The predicted octanol–water partition coefficient (Wildman–Crippen LogP) is 0.999. The van der Waals surface area contributed by atoms with Crippen LogP contribution in [0.2, 0.25) is 0 Å². The predicted molar refractivity (Wildman–Crippen MR) is 54.8 cm³/mol. The van der Waals surface area contributed by atoms with Crippen LogP contribution in [0.3, 0.4) is 0 Å². The maximum atomic E-state index is 11.4. The van der Waals surface area contributed by atoms with Gasteiger partial charge in [-0.3, -0.25) is 4.79 Å². The Morgan fingerprint density at radius 3 is 2.69 bits per heavy atom. The second-order valence-electron chi connectivity index (χ2n) is 3.85. The van der Waals surface area contributed by atoms with Crippen molar-refractivity contribution < 1.29 is 9.90 Å². The van der Waals surface area contributed by atoms with Crippen LogP contribution in [-0.4, -0.2) is 39.9 Å². The van der Waals surface area contributed by atoms with Gasteiger partial charge in [0.2, 0.25) is 5.91 Å². The molecule has 1 aliphatic heterocycles. The zero-order valence-corrected chi connectivity index (χ0v) is 9.62. The van der Waals surface area contributed by atoms with E-state index in [2.05, 4.69) is 15.9 Å². The van der Waals surface area contributed by atoms with Gasteiger partial charge in [-0.1, -0.05) is 29.8 Å². The molecule has 1 N–H and O–H groups in total. The minimum Gasteiger partial charge on any atom is -0.391 e. The number of alkyl halides is 1. The van der Waals surface area contributed by atoms with Gasteiger partial charge in [0.25, 0.3) is 0 Å². The summed E-state index contributed by atoms with van der Waals surface area (Å²) in [7, 11) is 0. The summed E-state index contributed by atoms with van der Waals surface area (Å²) in [4.78, 5) is 13.1. The van der Waals surface area contributed by atoms with Crippen LogP contribution in [0, 0.1) is 5.92 Å². The highest BCUT2D eigenvalue weighted by atomic mass is 79.9. The molecule has 3 nitrogen and oxygen atoms in total. The van der Waals surface area contributed by atoms with Crippen LogP contribution >= 0.6 is 15.9 Å². The monoisotopic (exact) mass is 249 g/mol. The van der Waals surface area contributed by atoms with Gasteiger partial charge in [-0.2, -0.15) is 0 Å². The van der Waals surface area contributed by atoms with Crippen LogP contribution < -0.4 is 0 Å². The average Bonchev–Trinajstić information content (AvgIpc) is 2.36. The smallest absolute Gasteiger partial charge is 0.236 e. The summed E-state index contributed by atoms with van der Waals surface area (Å²) >= 11 is 3.30. The number of hydrogen-bond acceptors (Lipinski definition) is 2. The van der Waals surface area contributed by atoms with Crippen molar-refractivity contribution in [2.75, 3.05) is 13.1 Å². The molecule has 1 amide bonds. The van der Waals surface area contributed by atoms with Gasteiger partial charge < -0.3 is 10.0 Å². The van der Waals surface area contributed by atoms with Crippen molar-refractivity contribution in [2.24, 2.45) is 5.92 Å². The van der Waals surface area contributed by atoms with Crippen molar-refractivity contribution in [2.45, 2.75) is 31.2 Å². The van der Waals surface area contributed by atoms with E-state index in [-0.39, 0.29) is 16.7 Å². The molecule has 0 radical (unpaired) electrons. The van der Waals surface area contributed by atoms with Crippen LogP contribution in [0.15, 0.2) is 0 Å². The minimum absolute atomic E-state index is 0.0353. The molecule has 0 aromatic rings. The van der Waals surface area contributed by atoms with Crippen molar-refractivity contribution >= 4 is 21.8 Å². The Labute approximate surface area is 87.2 Å². The Balaban J connectivity index is 2.42. The molecule has 2 unspecified atom stereocenters. The molecule has 1 rings (SSSR count). The third-order valence-electron chi connectivity index (χ3n) is 2.41. The van der Waals surface area contributed by atoms with E-state index in [1.807, 2.05) is 13.8 Å². The third-order valence-corrected chi connectivity index (χ3v) is 3.26. The molecule has 13 heavy (non-hydrogen) atoms. The van der Waals surface area contributed by atoms with E-state index in [9.17, 15) is 9.90 Å². The molecule has 0 aromatic carbocycles. The standard InChI is InChI=1S/C9H16BrNO2/c1-6(2)8(12)5-11-4-3-7(10)9(11)13/h6-8,12H,3-5H2,1-2H3. The normalized spacial score (nSPS) is 25.8. The van der Waals surface area contributed by atoms with Crippen molar-refractivity contribution in [1.82, 2.24) is 4.90 Å². The molecule has 1 aliphatic rings. The van der Waals surface area contributed by atoms with E-state index in [1.54, 1.807) is 4.90 Å². The lowest BCUT2D eigenvalue weighted by Crippen LogP contribution is -2.37. The topological polar surface area (TPSA) is 40.5 Å². The van der Waals surface area contributed by atoms with E-state index >= 15 is 0 Å². The number of carbonyl (C=O) groups excluding carboxylic acids is 1. The summed E-state index contributed by atoms with van der Waals surface area (Å²) in [5, 5.41) is 9.58. The molecule has 0 aromatic heterocycles. The Morgan fingerprint density at radius 2 is 2.31 bits per heavy atom. The summed E-state index contributed by atoms with van der Waals surface area (Å²) < 4.78 is 0. The lowest BCUT2D eigenvalue weighted by Gasteiger charge is -2.22. The molecule has 0 spiro atoms. The van der Waals surface area contributed by atoms with Gasteiger partial charge in [0, 0.05) is 13.1 Å². The van der Waals surface area contributed by atoms with Gasteiger partial charge in [0.1, 0.15) is 0 Å². The molecule has 0 saturated carbocycles. The van der Waals surface area contributed by atoms with Crippen LogP contribution in [0.4, 0.5) is 0 Å². The largest absolute Gasteiger partial charge is 0.391 e. The van der Waals surface area contributed by atoms with Crippen LogP contribution in [0.25, 0.3) is 0 Å². The highest BCUT2D eigenvalue weighted by Gasteiger charge is 2.30. The summed E-state index contributed by atoms with van der Waals surface area (Å²) in [6.45, 7) is 5.14. The molecule has 0 aliphatic carbocycles. The van der Waals surface area contributed by atoms with Crippen molar-refractivity contribution in [3.05, 3.63) is 0 Å². The number of nitrogens with zero attached hydrogens (tertiary/aromatic N) is 1. The highest BCUT2D eigenvalue weighted by molar-refractivity contribution is 9.10. The van der Waals surface area contributed by atoms with Gasteiger partial charge in [-0.05, 0) is 12.3 Å². The fourth-order valence-electron chi connectivity index (χ4n) is 1.32. The first-order valence-electron chi connectivity index (χ1n) is 4.63. The maximum Gasteiger partial charge on any atom is 0.236 e. The van der Waals surface area contributed by atoms with E-state index < -0.39 is 6.10 Å². The Morgan fingerprint density at radius 1 is 1.69 bits per heavy atom. The Kier molecular flexibility index (Phi) is 3.74. The first-order chi connectivity index (χ1) is 6.02. The van der Waals surface area contributed by atoms with Gasteiger partial charge in [0.15, 0.2) is 0 Å². The quantitative estimate of drug-likeness (QED) is 0.759. The van der Waals surface area contributed by atoms with Gasteiger partial charge >= 0.3 is 0 Å². The van der Waals surface area contributed by atoms with E-state index in [0.29, 0.717) is 6.54 Å². The van der Waals surface area contributed by atoms with Crippen LogP contribution in [0.5, 0.6) is 0 Å². The molecule has 1 heterocycles. The number of carbonyl (C=O) groups is 1. The first-order valence-corrected chi connectivity index (χ1v) is 5.55. The number of rotatable bonds is 3. The molecule has 4 heteroatoms. The van der Waals surface area contributed by atoms with Gasteiger partial charge in [-0.25, -0.2) is 0 Å². The number of likely N-dealkylation sites (tertiary alicyclic amines) is 1. The second-order valence-corrected chi connectivity index (χ2v) is 4.96. The molecular weight excluding hydrogens is 234 g/mol. The SMILES string of the molecule is CC(C)C(O)CN1CCC(Br)C1=O. The average molecular weight is 250 g/mol. The highest BCUT2D eigenvalue weighted by Crippen LogP contribution is 2.19. The fourth-order valence-corrected chi connectivity index (χ4v) is 1.81. The van der Waals surface area contributed by atoms with E-state index in [4.69, 9.17) is 0 Å². The lowest BCUT2D eigenvalue weighted by molar-refractivity contribution is -0.128. The van der Waals surface area contributed by atoms with Crippen molar-refractivity contribution in [1.29, 1.82) is 0 Å². The Hall–Kier alpha value is -0.0900. The van der Waals surface area contributed by atoms with Gasteiger partial charge in [-0.15, -0.1) is 0 Å². The van der Waals surface area contributed by atoms with Crippen molar-refractivity contribution in [3.63, 3.8) is 0 Å². The van der Waals surface area contributed by atoms with E-state index in [0.717, 1.165) is 13.0 Å². The van der Waals surface area contributed by atoms with Crippen LogP contribution in [0.1, 0.15) is 20.3 Å². The number of amides is 1. The molecule has 1 fully saturated rings. The molecule has 2 atom stereocenters. The minimum atomic E-state index is -0.401. The first kappa shape index (κ1) is 11.0. The Bertz CT molecular complexity index is 196. The van der Waals surface area contributed by atoms with Gasteiger partial charge in [0.05, 0.1) is 10.9 Å². The summed E-state index contributed by atoms with van der Waals surface area (Å²) in [6.07, 6.45) is 0.450. The lowest BCUT2D eigenvalue weighted by atomic mass is 10.1. The number of halogens is 1. The summed E-state index contributed by atoms with van der Waals surface area (Å²) in [5.74, 6) is 0.321. The second kappa shape index (κ2) is 4.42. The molecule has 1 saturated heterocycles.